The minimum Gasteiger partial charge on any atom is -0.798 e. The fourth-order valence-electron chi connectivity index (χ4n) is 4.73. The molecule has 0 fully saturated rings. The van der Waals surface area contributed by atoms with Gasteiger partial charge in [-0.3, -0.25) is 9.97 Å². The SMILES string of the molecule is C/C(=C\C(=C/C(=[N-])C(=O)O)c1ccc(C)cc1)c1[c-]cccc1.[Ir+3].[c-]1c(-c2ccccn2)cccc1-c1nccc2ccccc12. The molecule has 6 aromatic rings. The molecule has 0 aliphatic heterocycles. The molecule has 0 unspecified atom stereocenters. The number of carboxylic acid groups (broad SMARTS) is 1. The van der Waals surface area contributed by atoms with Crippen LogP contribution in [0, 0.1) is 19.1 Å². The molecule has 46 heavy (non-hydrogen) atoms. The number of carbonyl (C=O) groups is 1. The molecule has 0 saturated carbocycles. The third-order valence-electron chi connectivity index (χ3n) is 7.07. The van der Waals surface area contributed by atoms with Crippen LogP contribution in [0.25, 0.3) is 49.8 Å². The van der Waals surface area contributed by atoms with E-state index in [9.17, 15) is 10.2 Å². The number of nitrogens with zero attached hydrogens (tertiary/aromatic N) is 3. The fourth-order valence-corrected chi connectivity index (χ4v) is 4.73. The van der Waals surface area contributed by atoms with Crippen molar-refractivity contribution < 1.29 is 30.0 Å². The Morgan fingerprint density at radius 1 is 0.783 bits per heavy atom. The summed E-state index contributed by atoms with van der Waals surface area (Å²) in [4.78, 5) is 19.9. The van der Waals surface area contributed by atoms with Gasteiger partial charge in [-0.25, -0.2) is 4.79 Å². The van der Waals surface area contributed by atoms with E-state index in [0.29, 0.717) is 5.57 Å². The third-order valence-corrected chi connectivity index (χ3v) is 7.07. The van der Waals surface area contributed by atoms with Gasteiger partial charge >= 0.3 is 26.1 Å². The van der Waals surface area contributed by atoms with Crippen molar-refractivity contribution in [2.24, 2.45) is 0 Å². The van der Waals surface area contributed by atoms with E-state index in [1.807, 2.05) is 129 Å². The van der Waals surface area contributed by atoms with Gasteiger partial charge in [-0.2, -0.15) is 0 Å². The van der Waals surface area contributed by atoms with Crippen LogP contribution in [0.2, 0.25) is 0 Å². The van der Waals surface area contributed by atoms with E-state index in [1.165, 1.54) is 11.5 Å². The Labute approximate surface area is 282 Å². The molecule has 4 aromatic carbocycles. The Balaban J connectivity index is 0.000000204. The van der Waals surface area contributed by atoms with Gasteiger partial charge in [0, 0.05) is 23.8 Å². The Morgan fingerprint density at radius 2 is 1.52 bits per heavy atom. The summed E-state index contributed by atoms with van der Waals surface area (Å²) in [5, 5.41) is 20.8. The summed E-state index contributed by atoms with van der Waals surface area (Å²) in [6.45, 7) is 3.90. The molecule has 0 bridgehead atoms. The molecule has 0 aliphatic rings. The zero-order valence-corrected chi connectivity index (χ0v) is 27.7. The van der Waals surface area contributed by atoms with Gasteiger partial charge in [-0.05, 0) is 41.0 Å². The largest absolute Gasteiger partial charge is 3.00 e. The van der Waals surface area contributed by atoms with Gasteiger partial charge in [-0.1, -0.05) is 102 Å². The van der Waals surface area contributed by atoms with Gasteiger partial charge in [0.2, 0.25) is 0 Å². The molecule has 0 saturated heterocycles. The number of rotatable bonds is 7. The first-order valence-corrected chi connectivity index (χ1v) is 14.4. The molecule has 0 spiro atoms. The van der Waals surface area contributed by atoms with Crippen molar-refractivity contribution >= 4 is 33.6 Å². The number of aryl methyl sites for hydroxylation is 1. The third kappa shape index (κ3) is 8.66. The average molecular weight is 777 g/mol. The van der Waals surface area contributed by atoms with Crippen LogP contribution >= 0.6 is 0 Å². The number of benzene rings is 4. The zero-order chi connectivity index (χ0) is 31.6. The summed E-state index contributed by atoms with van der Waals surface area (Å²) in [5.74, 6) is -1.35. The molecule has 1 N–H and O–H groups in total. The van der Waals surface area contributed by atoms with Crippen LogP contribution in [-0.4, -0.2) is 26.8 Å². The minimum absolute atomic E-state index is 0. The van der Waals surface area contributed by atoms with Crippen molar-refractivity contribution in [3.05, 3.63) is 174 Å². The van der Waals surface area contributed by atoms with Gasteiger partial charge < -0.3 is 10.5 Å². The quantitative estimate of drug-likeness (QED) is 0.0996. The van der Waals surface area contributed by atoms with Crippen molar-refractivity contribution in [2.45, 2.75) is 13.8 Å². The molecule has 5 nitrogen and oxygen atoms in total. The van der Waals surface area contributed by atoms with E-state index in [0.717, 1.165) is 50.2 Å². The number of aromatic nitrogens is 2. The molecule has 0 radical (unpaired) electrons. The van der Waals surface area contributed by atoms with Crippen molar-refractivity contribution in [1.82, 2.24) is 9.97 Å². The van der Waals surface area contributed by atoms with Crippen LogP contribution in [0.3, 0.4) is 0 Å². The number of hydrogen-bond acceptors (Lipinski definition) is 3. The predicted molar refractivity (Wildman–Crippen MR) is 183 cm³/mol. The van der Waals surface area contributed by atoms with E-state index in [4.69, 9.17) is 5.11 Å². The second kappa shape index (κ2) is 16.1. The Bertz CT molecular complexity index is 2000. The first-order valence-electron chi connectivity index (χ1n) is 14.4. The average Bonchev–Trinajstić information content (AvgIpc) is 3.09. The monoisotopic (exact) mass is 777 g/mol. The van der Waals surface area contributed by atoms with Crippen LogP contribution in [0.5, 0.6) is 0 Å². The summed E-state index contributed by atoms with van der Waals surface area (Å²) >= 11 is 0. The number of pyridine rings is 2. The Kier molecular flexibility index (Phi) is 11.8. The normalized spacial score (nSPS) is 11.2. The molecular formula is C40H30IrN3O2. The van der Waals surface area contributed by atoms with Crippen molar-refractivity contribution in [3.8, 4) is 22.5 Å². The van der Waals surface area contributed by atoms with E-state index >= 15 is 0 Å². The van der Waals surface area contributed by atoms with Crippen LogP contribution in [0.1, 0.15) is 23.6 Å². The van der Waals surface area contributed by atoms with Gasteiger partial charge in [0.15, 0.2) is 0 Å². The van der Waals surface area contributed by atoms with Crippen molar-refractivity contribution in [2.75, 3.05) is 0 Å². The molecule has 226 valence electrons. The number of fused-ring (bicyclic) bond motifs is 1. The second-order valence-electron chi connectivity index (χ2n) is 10.3. The molecule has 0 aliphatic carbocycles. The summed E-state index contributed by atoms with van der Waals surface area (Å²) in [6, 6.07) is 44.1. The van der Waals surface area contributed by atoms with Gasteiger partial charge in [0.05, 0.1) is 0 Å². The number of aliphatic carboxylic acids is 1. The molecule has 6 heteroatoms. The van der Waals surface area contributed by atoms with Gasteiger partial charge in [0.1, 0.15) is 0 Å². The summed E-state index contributed by atoms with van der Waals surface area (Å²) < 4.78 is 0. The van der Waals surface area contributed by atoms with Crippen molar-refractivity contribution in [3.63, 3.8) is 0 Å². The van der Waals surface area contributed by atoms with Crippen LogP contribution in [0.15, 0.2) is 140 Å². The second-order valence-corrected chi connectivity index (χ2v) is 10.3. The molecule has 2 heterocycles. The van der Waals surface area contributed by atoms with Gasteiger partial charge in [-0.15, -0.1) is 65.7 Å². The fraction of sp³-hybridized carbons (Fsp3) is 0.0500. The summed E-state index contributed by atoms with van der Waals surface area (Å²) in [5.41, 5.74) is 7.56. The zero-order valence-electron chi connectivity index (χ0n) is 25.3. The van der Waals surface area contributed by atoms with E-state index < -0.39 is 11.7 Å². The van der Waals surface area contributed by atoms with Crippen LogP contribution < -0.4 is 0 Å². The Morgan fingerprint density at radius 3 is 2.24 bits per heavy atom. The standard InChI is InChI=1S/C20H13N2.C20H17NO2.Ir/c1-2-9-18-15(6-1)11-13-22-20(18)17-8-5-7-16(14-17)19-10-3-4-12-21-19;1-14-8-10-17(11-9-14)18(13-19(21)20(22)23)12-15(2)16-6-4-3-5-7-16;/h1-13H;3-6,8-13H,1-2H3,(H,22,23);/q-1;-2;+3/b;15-12+,18-13+;. The van der Waals surface area contributed by atoms with E-state index in [2.05, 4.69) is 34.2 Å². The maximum atomic E-state index is 10.9. The molecule has 6 rings (SSSR count). The molecule has 0 atom stereocenters. The predicted octanol–water partition coefficient (Wildman–Crippen LogP) is 9.14. The van der Waals surface area contributed by atoms with Crippen LogP contribution in [0.4, 0.5) is 0 Å². The smallest absolute Gasteiger partial charge is 0.798 e. The molecule has 2 aromatic heterocycles. The number of allylic oxidation sites excluding steroid dienone is 3. The first kappa shape index (κ1) is 33.6. The van der Waals surface area contributed by atoms with Crippen LogP contribution in [-0.2, 0) is 24.9 Å². The number of hydrogen-bond donors (Lipinski definition) is 1. The van der Waals surface area contributed by atoms with Crippen molar-refractivity contribution in [1.29, 1.82) is 0 Å². The summed E-state index contributed by atoms with van der Waals surface area (Å²) in [7, 11) is 0. The topological polar surface area (TPSA) is 85.4 Å². The van der Waals surface area contributed by atoms with Gasteiger partial charge in [0.25, 0.3) is 0 Å². The maximum Gasteiger partial charge on any atom is 3.00 e. The van der Waals surface area contributed by atoms with E-state index in [-0.39, 0.29) is 20.1 Å². The molecular weight excluding hydrogens is 747 g/mol. The number of carboxylic acids is 1. The summed E-state index contributed by atoms with van der Waals surface area (Å²) in [6.07, 6.45) is 6.75. The Hall–Kier alpha value is -5.29. The first-order chi connectivity index (χ1) is 21.9. The molecule has 0 amide bonds. The van der Waals surface area contributed by atoms with E-state index in [1.54, 1.807) is 6.20 Å². The minimum atomic E-state index is -1.35. The maximum absolute atomic E-state index is 10.9.